The monoisotopic (exact) mass is 338 g/mol. The highest BCUT2D eigenvalue weighted by molar-refractivity contribution is 5.79. The lowest BCUT2D eigenvalue weighted by Gasteiger charge is -2.02. The molecule has 0 aliphatic heterocycles. The first-order valence-electron chi connectivity index (χ1n) is 8.00. The number of imidazole rings is 1. The molecule has 2 aromatic heterocycles. The largest absolute Gasteiger partial charge is 0.283 e. The summed E-state index contributed by atoms with van der Waals surface area (Å²) in [5.74, 6) is 0.472. The fourth-order valence-electron chi connectivity index (χ4n) is 2.73. The molecule has 4 aromatic rings. The van der Waals surface area contributed by atoms with Crippen LogP contribution in [0.4, 0.5) is 0 Å². The molecule has 0 radical (unpaired) electrons. The first kappa shape index (κ1) is 15.5. The Labute approximate surface area is 149 Å². The number of benzene rings is 2. The Morgan fingerprint density at radius 2 is 1.73 bits per heavy atom. The van der Waals surface area contributed by atoms with Gasteiger partial charge in [0.2, 0.25) is 5.78 Å². The molecule has 0 saturated carbocycles. The lowest BCUT2D eigenvalue weighted by molar-refractivity contribution is 0.873. The molecule has 0 spiro atoms. The molecule has 0 atom stereocenters. The number of aromatic nitrogens is 3. The van der Waals surface area contributed by atoms with Crippen LogP contribution in [-0.4, -0.2) is 20.3 Å². The first-order chi connectivity index (χ1) is 12.8. The van der Waals surface area contributed by atoms with E-state index in [0.717, 1.165) is 16.8 Å². The lowest BCUT2D eigenvalue weighted by Crippen LogP contribution is -2.18. The fourth-order valence-corrected chi connectivity index (χ4v) is 2.73. The van der Waals surface area contributed by atoms with Gasteiger partial charge in [0.05, 0.1) is 24.3 Å². The highest BCUT2D eigenvalue weighted by atomic mass is 15.4. The Kier molecular flexibility index (Phi) is 3.88. The van der Waals surface area contributed by atoms with Gasteiger partial charge in [0.1, 0.15) is 11.6 Å². The van der Waals surface area contributed by atoms with Crippen LogP contribution in [0.15, 0.2) is 78.2 Å². The van der Waals surface area contributed by atoms with Crippen molar-refractivity contribution in [3.05, 3.63) is 89.7 Å². The lowest BCUT2D eigenvalue weighted by atomic mass is 10.2. The molecule has 6 heteroatoms. The predicted molar refractivity (Wildman–Crippen MR) is 98.6 cm³/mol. The third kappa shape index (κ3) is 2.68. The van der Waals surface area contributed by atoms with Crippen molar-refractivity contribution in [3.63, 3.8) is 0 Å². The third-order valence-corrected chi connectivity index (χ3v) is 4.00. The summed E-state index contributed by atoms with van der Waals surface area (Å²) in [5.41, 5.74) is 2.93. The molecule has 2 heterocycles. The number of hydrogen-bond donors (Lipinski definition) is 1. The molecule has 124 valence electrons. The van der Waals surface area contributed by atoms with Gasteiger partial charge < -0.3 is 0 Å². The third-order valence-electron chi connectivity index (χ3n) is 4.00. The van der Waals surface area contributed by atoms with Crippen LogP contribution in [0.2, 0.25) is 0 Å². The smallest absolute Gasteiger partial charge is 0.237 e. The normalized spacial score (nSPS) is 11.0. The van der Waals surface area contributed by atoms with Gasteiger partial charge in [-0.3, -0.25) is 9.81 Å². The molecule has 0 aliphatic rings. The average molecular weight is 338 g/mol. The summed E-state index contributed by atoms with van der Waals surface area (Å²) in [7, 11) is 0. The highest BCUT2D eigenvalue weighted by Gasteiger charge is 2.13. The minimum atomic E-state index is 0.0880. The van der Waals surface area contributed by atoms with Crippen molar-refractivity contribution in [2.75, 3.05) is 0 Å². The Morgan fingerprint density at radius 3 is 2.42 bits per heavy atom. The van der Waals surface area contributed by atoms with Crippen LogP contribution in [0.3, 0.4) is 0 Å². The summed E-state index contributed by atoms with van der Waals surface area (Å²) in [6.45, 7) is 0. The van der Waals surface area contributed by atoms with Crippen molar-refractivity contribution in [3.8, 4) is 17.3 Å². The molecule has 0 fully saturated rings. The zero-order chi connectivity index (χ0) is 17.9. The molecular formula is C20H14N6. The van der Waals surface area contributed by atoms with Gasteiger partial charge in [-0.25, -0.2) is 9.66 Å². The van der Waals surface area contributed by atoms with Crippen molar-refractivity contribution in [1.82, 2.24) is 14.1 Å². The molecule has 2 aromatic carbocycles. The molecule has 0 unspecified atom stereocenters. The van der Waals surface area contributed by atoms with Crippen molar-refractivity contribution in [2.24, 2.45) is 5.10 Å². The van der Waals surface area contributed by atoms with Gasteiger partial charge in [-0.1, -0.05) is 60.7 Å². The van der Waals surface area contributed by atoms with Crippen LogP contribution in [0, 0.1) is 16.7 Å². The van der Waals surface area contributed by atoms with Gasteiger partial charge in [-0.05, 0) is 5.56 Å². The van der Waals surface area contributed by atoms with Gasteiger partial charge in [-0.2, -0.15) is 10.4 Å². The highest BCUT2D eigenvalue weighted by Crippen LogP contribution is 2.20. The molecule has 4 rings (SSSR count). The summed E-state index contributed by atoms with van der Waals surface area (Å²) in [6, 6.07) is 21.4. The van der Waals surface area contributed by atoms with E-state index < -0.39 is 0 Å². The van der Waals surface area contributed by atoms with E-state index in [9.17, 15) is 5.26 Å². The summed E-state index contributed by atoms with van der Waals surface area (Å²) in [5, 5.41) is 22.1. The Balaban J connectivity index is 1.95. The molecule has 6 nitrogen and oxygen atoms in total. The van der Waals surface area contributed by atoms with Crippen molar-refractivity contribution in [1.29, 1.82) is 10.7 Å². The molecule has 0 aliphatic carbocycles. The molecule has 26 heavy (non-hydrogen) atoms. The van der Waals surface area contributed by atoms with Crippen LogP contribution in [0.25, 0.3) is 17.0 Å². The molecule has 0 saturated heterocycles. The van der Waals surface area contributed by atoms with E-state index in [1.165, 1.54) is 6.20 Å². The Bertz CT molecular complexity index is 1190. The second-order valence-corrected chi connectivity index (χ2v) is 5.65. The van der Waals surface area contributed by atoms with Crippen LogP contribution in [0.5, 0.6) is 0 Å². The van der Waals surface area contributed by atoms with Gasteiger partial charge in [0.25, 0.3) is 0 Å². The summed E-state index contributed by atoms with van der Waals surface area (Å²) in [6.07, 6.45) is 4.95. The number of nitriles is 1. The van der Waals surface area contributed by atoms with Gasteiger partial charge >= 0.3 is 0 Å². The van der Waals surface area contributed by atoms with E-state index in [-0.39, 0.29) is 11.1 Å². The topological polar surface area (TPSA) is 82.2 Å². The van der Waals surface area contributed by atoms with Crippen LogP contribution >= 0.6 is 0 Å². The summed E-state index contributed by atoms with van der Waals surface area (Å²) >= 11 is 0. The van der Waals surface area contributed by atoms with Crippen LogP contribution in [-0.2, 0) is 0 Å². The minimum absolute atomic E-state index is 0.0880. The molecule has 0 bridgehead atoms. The van der Waals surface area contributed by atoms with E-state index in [1.54, 1.807) is 15.3 Å². The second kappa shape index (κ2) is 6.49. The summed E-state index contributed by atoms with van der Waals surface area (Å²) < 4.78 is 3.25. The van der Waals surface area contributed by atoms with Crippen molar-refractivity contribution in [2.45, 2.75) is 0 Å². The maximum absolute atomic E-state index is 9.24. The predicted octanol–water partition coefficient (Wildman–Crippen LogP) is 3.04. The minimum Gasteiger partial charge on any atom is -0.283 e. The number of fused-ring (bicyclic) bond motifs is 1. The van der Waals surface area contributed by atoms with E-state index in [4.69, 9.17) is 5.41 Å². The van der Waals surface area contributed by atoms with E-state index in [1.807, 2.05) is 72.9 Å². The number of nitrogens with zero attached hydrogens (tertiary/aromatic N) is 5. The zero-order valence-electron chi connectivity index (χ0n) is 13.7. The molecule has 0 amide bonds. The Hall–Kier alpha value is -3.98. The van der Waals surface area contributed by atoms with E-state index in [0.29, 0.717) is 5.78 Å². The van der Waals surface area contributed by atoms with Crippen molar-refractivity contribution >= 4 is 12.0 Å². The van der Waals surface area contributed by atoms with Gasteiger partial charge in [0.15, 0.2) is 5.49 Å². The molecule has 1 N–H and O–H groups in total. The van der Waals surface area contributed by atoms with E-state index >= 15 is 0 Å². The standard InChI is InChI=1S/C20H14N6/c21-11-17-13-23-20-25(24-12-15-7-3-1-4-8-15)14-18(26(20)19(17)22)16-9-5-2-6-10-16/h1-10,12-14,22H/b22-19?,24-12+. The zero-order valence-corrected chi connectivity index (χ0v) is 13.7. The SMILES string of the molecule is N#Cc1cnc2n(/N=C/c3ccccc3)cc(-c3ccccc3)n2c1=N. The second-order valence-electron chi connectivity index (χ2n) is 5.65. The quantitative estimate of drug-likeness (QED) is 0.583. The molecular weight excluding hydrogens is 324 g/mol. The maximum atomic E-state index is 9.24. The van der Waals surface area contributed by atoms with Gasteiger partial charge in [-0.15, -0.1) is 0 Å². The average Bonchev–Trinajstić information content (AvgIpc) is 3.08. The number of rotatable bonds is 3. The van der Waals surface area contributed by atoms with Crippen LogP contribution in [0.1, 0.15) is 11.1 Å². The van der Waals surface area contributed by atoms with E-state index in [2.05, 4.69) is 10.1 Å². The first-order valence-corrected chi connectivity index (χ1v) is 8.00. The summed E-state index contributed by atoms with van der Waals surface area (Å²) in [4.78, 5) is 4.34. The maximum Gasteiger partial charge on any atom is 0.237 e. The number of nitrogens with one attached hydrogen (secondary N) is 1. The fraction of sp³-hybridized carbons (Fsp3) is 0. The Morgan fingerprint density at radius 1 is 1.04 bits per heavy atom. The van der Waals surface area contributed by atoms with Crippen LogP contribution < -0.4 is 5.49 Å². The van der Waals surface area contributed by atoms with Crippen molar-refractivity contribution < 1.29 is 0 Å². The number of hydrogen-bond acceptors (Lipinski definition) is 4. The van der Waals surface area contributed by atoms with Gasteiger partial charge in [0, 0.05) is 5.56 Å².